The lowest BCUT2D eigenvalue weighted by Gasteiger charge is -2.08. The van der Waals surface area contributed by atoms with Crippen molar-refractivity contribution in [1.82, 2.24) is 14.8 Å². The minimum absolute atomic E-state index is 0.185. The molecule has 2 heterocycles. The van der Waals surface area contributed by atoms with Crippen molar-refractivity contribution in [1.29, 1.82) is 5.26 Å². The number of nitrogens with zero attached hydrogens (tertiary/aromatic N) is 4. The van der Waals surface area contributed by atoms with Crippen molar-refractivity contribution in [2.45, 2.75) is 17.3 Å². The van der Waals surface area contributed by atoms with Crippen LogP contribution in [0, 0.1) is 11.3 Å². The number of amides is 1. The Hall–Kier alpha value is -2.63. The number of aromatic nitrogens is 3. The summed E-state index contributed by atoms with van der Waals surface area (Å²) in [4.78, 5) is 16.5. The number of rotatable bonds is 5. The third-order valence-corrected chi connectivity index (χ3v) is 4.96. The Labute approximate surface area is 147 Å². The zero-order chi connectivity index (χ0) is 16.9. The molecule has 0 bridgehead atoms. The lowest BCUT2D eigenvalue weighted by molar-refractivity contribution is -0.115. The van der Waals surface area contributed by atoms with Crippen molar-refractivity contribution in [3.8, 4) is 11.8 Å². The summed E-state index contributed by atoms with van der Waals surface area (Å²) in [5.41, 5.74) is 1.38. The normalized spacial score (nSPS) is 11.7. The van der Waals surface area contributed by atoms with E-state index in [0.29, 0.717) is 15.7 Å². The number of hydrogen-bond acceptors (Lipinski definition) is 6. The van der Waals surface area contributed by atoms with Crippen molar-refractivity contribution < 1.29 is 4.79 Å². The molecule has 1 amide bonds. The van der Waals surface area contributed by atoms with E-state index in [4.69, 9.17) is 5.26 Å². The smallest absolute Gasteiger partial charge is 0.238 e. The summed E-state index contributed by atoms with van der Waals surface area (Å²) in [5.74, 6) is -0.185. The molecule has 3 rings (SSSR count). The Morgan fingerprint density at radius 2 is 2.17 bits per heavy atom. The highest BCUT2D eigenvalue weighted by molar-refractivity contribution is 8.00. The zero-order valence-corrected chi connectivity index (χ0v) is 14.3. The number of anilines is 1. The van der Waals surface area contributed by atoms with E-state index < -0.39 is 0 Å². The fourth-order valence-electron chi connectivity index (χ4n) is 1.93. The number of nitriles is 1. The first-order chi connectivity index (χ1) is 11.7. The van der Waals surface area contributed by atoms with Crippen LogP contribution in [0.4, 0.5) is 5.00 Å². The van der Waals surface area contributed by atoms with Gasteiger partial charge >= 0.3 is 0 Å². The average Bonchev–Trinajstić information content (AvgIpc) is 3.24. The summed E-state index contributed by atoms with van der Waals surface area (Å²) in [6, 6.07) is 13.4. The molecule has 1 N–H and O–H groups in total. The Morgan fingerprint density at radius 3 is 2.92 bits per heavy atom. The molecule has 0 aliphatic heterocycles. The standard InChI is InChI=1S/C16H13N5OS2/c1-11(14(22)19-15-12(9-17)7-8-23-15)24-16-18-10-21(20-16)13-5-3-2-4-6-13/h2-8,10-11H,1H3,(H,19,22). The van der Waals surface area contributed by atoms with E-state index in [1.165, 1.54) is 23.1 Å². The highest BCUT2D eigenvalue weighted by Gasteiger charge is 2.18. The van der Waals surface area contributed by atoms with E-state index >= 15 is 0 Å². The zero-order valence-electron chi connectivity index (χ0n) is 12.7. The summed E-state index contributed by atoms with van der Waals surface area (Å²) in [6.45, 7) is 1.78. The van der Waals surface area contributed by atoms with Crippen molar-refractivity contribution in [3.63, 3.8) is 0 Å². The van der Waals surface area contributed by atoms with Gasteiger partial charge in [0.15, 0.2) is 0 Å². The maximum absolute atomic E-state index is 12.3. The predicted octanol–water partition coefficient (Wildman–Crippen LogP) is 3.32. The van der Waals surface area contributed by atoms with Gasteiger partial charge in [0.1, 0.15) is 17.4 Å². The summed E-state index contributed by atoms with van der Waals surface area (Å²) in [5, 5.41) is 18.6. The molecular weight excluding hydrogens is 342 g/mol. The van der Waals surface area contributed by atoms with Crippen molar-refractivity contribution in [2.75, 3.05) is 5.32 Å². The lowest BCUT2D eigenvalue weighted by atomic mass is 10.3. The monoisotopic (exact) mass is 355 g/mol. The first-order valence-corrected chi connectivity index (χ1v) is 8.85. The molecule has 0 fully saturated rings. The van der Waals surface area contributed by atoms with Gasteiger partial charge in [0, 0.05) is 0 Å². The molecule has 1 unspecified atom stereocenters. The van der Waals surface area contributed by atoms with Crippen LogP contribution in [0.5, 0.6) is 0 Å². The van der Waals surface area contributed by atoms with Crippen LogP contribution < -0.4 is 5.32 Å². The first kappa shape index (κ1) is 16.2. The second-order valence-corrected chi connectivity index (χ2v) is 7.06. The highest BCUT2D eigenvalue weighted by Crippen LogP contribution is 2.25. The topological polar surface area (TPSA) is 83.6 Å². The number of thiophene rings is 1. The van der Waals surface area contributed by atoms with Gasteiger partial charge in [-0.25, -0.2) is 9.67 Å². The van der Waals surface area contributed by atoms with Gasteiger partial charge in [-0.15, -0.1) is 16.4 Å². The van der Waals surface area contributed by atoms with E-state index in [-0.39, 0.29) is 11.2 Å². The largest absolute Gasteiger partial charge is 0.316 e. The van der Waals surface area contributed by atoms with Gasteiger partial charge in [-0.2, -0.15) is 5.26 Å². The van der Waals surface area contributed by atoms with Crippen LogP contribution in [-0.2, 0) is 4.79 Å². The number of para-hydroxylation sites is 1. The number of benzene rings is 1. The number of hydrogen-bond donors (Lipinski definition) is 1. The molecule has 1 atom stereocenters. The van der Waals surface area contributed by atoms with Crippen LogP contribution in [0.3, 0.4) is 0 Å². The molecule has 0 aliphatic carbocycles. The van der Waals surface area contributed by atoms with Gasteiger partial charge in [-0.3, -0.25) is 4.79 Å². The van der Waals surface area contributed by atoms with E-state index in [0.717, 1.165) is 5.69 Å². The van der Waals surface area contributed by atoms with Crippen LogP contribution >= 0.6 is 23.1 Å². The van der Waals surface area contributed by atoms with Gasteiger partial charge in [0.05, 0.1) is 16.5 Å². The van der Waals surface area contributed by atoms with E-state index in [9.17, 15) is 4.79 Å². The van der Waals surface area contributed by atoms with Crippen LogP contribution in [0.2, 0.25) is 0 Å². The molecule has 0 radical (unpaired) electrons. The van der Waals surface area contributed by atoms with Crippen LogP contribution in [0.25, 0.3) is 5.69 Å². The lowest BCUT2D eigenvalue weighted by Crippen LogP contribution is -2.22. The summed E-state index contributed by atoms with van der Waals surface area (Å²) in [6.07, 6.45) is 1.62. The molecule has 3 aromatic rings. The SMILES string of the molecule is CC(Sc1ncn(-c2ccccc2)n1)C(=O)Nc1sccc1C#N. The molecule has 2 aromatic heterocycles. The summed E-state index contributed by atoms with van der Waals surface area (Å²) in [7, 11) is 0. The predicted molar refractivity (Wildman–Crippen MR) is 94.3 cm³/mol. The number of nitrogens with one attached hydrogen (secondary N) is 1. The maximum Gasteiger partial charge on any atom is 0.238 e. The maximum atomic E-state index is 12.3. The summed E-state index contributed by atoms with van der Waals surface area (Å²) < 4.78 is 1.67. The van der Waals surface area contributed by atoms with Crippen molar-refractivity contribution in [2.24, 2.45) is 0 Å². The Morgan fingerprint density at radius 1 is 1.38 bits per heavy atom. The Kier molecular flexibility index (Phi) is 4.93. The molecule has 6 nitrogen and oxygen atoms in total. The van der Waals surface area contributed by atoms with Gasteiger partial charge in [0.2, 0.25) is 11.1 Å². The molecule has 8 heteroatoms. The number of thioether (sulfide) groups is 1. The second kappa shape index (κ2) is 7.29. The van der Waals surface area contributed by atoms with E-state index in [1.54, 1.807) is 29.4 Å². The minimum Gasteiger partial charge on any atom is -0.316 e. The third kappa shape index (κ3) is 3.64. The molecule has 0 saturated heterocycles. The summed E-state index contributed by atoms with van der Waals surface area (Å²) >= 11 is 2.60. The van der Waals surface area contributed by atoms with Crippen LogP contribution in [-0.4, -0.2) is 25.9 Å². The first-order valence-electron chi connectivity index (χ1n) is 7.09. The highest BCUT2D eigenvalue weighted by atomic mass is 32.2. The Bertz CT molecular complexity index is 881. The molecule has 1 aromatic carbocycles. The Balaban J connectivity index is 1.65. The van der Waals surface area contributed by atoms with Crippen molar-refractivity contribution >= 4 is 34.0 Å². The van der Waals surface area contributed by atoms with Crippen molar-refractivity contribution in [3.05, 3.63) is 53.7 Å². The molecule has 120 valence electrons. The number of carbonyl (C=O) groups excluding carboxylic acids is 1. The third-order valence-electron chi connectivity index (χ3n) is 3.17. The molecule has 0 spiro atoms. The van der Waals surface area contributed by atoms with Crippen LogP contribution in [0.1, 0.15) is 12.5 Å². The van der Waals surface area contributed by atoms with Crippen LogP contribution in [0.15, 0.2) is 53.3 Å². The average molecular weight is 355 g/mol. The van der Waals surface area contributed by atoms with Gasteiger partial charge in [-0.05, 0) is 30.5 Å². The molecule has 24 heavy (non-hydrogen) atoms. The van der Waals surface area contributed by atoms with E-state index in [1.807, 2.05) is 30.3 Å². The fourth-order valence-corrected chi connectivity index (χ4v) is 3.39. The van der Waals surface area contributed by atoms with Gasteiger partial charge in [-0.1, -0.05) is 30.0 Å². The minimum atomic E-state index is -0.384. The number of carbonyl (C=O) groups is 1. The van der Waals surface area contributed by atoms with Gasteiger partial charge < -0.3 is 5.32 Å². The van der Waals surface area contributed by atoms with Gasteiger partial charge in [0.25, 0.3) is 0 Å². The fraction of sp³-hybridized carbons (Fsp3) is 0.125. The second-order valence-electron chi connectivity index (χ2n) is 4.83. The molecule has 0 saturated carbocycles. The molecule has 0 aliphatic rings. The molecular formula is C16H13N5OS2. The van der Waals surface area contributed by atoms with E-state index in [2.05, 4.69) is 21.5 Å². The quantitative estimate of drug-likeness (QED) is 0.710.